The smallest absolute Gasteiger partial charge is 0.223 e. The number of methoxy groups -OCH3 is 2. The Hall–Kier alpha value is -0.650. The molecule has 0 atom stereocenters. The summed E-state index contributed by atoms with van der Waals surface area (Å²) in [5, 5.41) is 3.25. The van der Waals surface area contributed by atoms with Crippen LogP contribution in [0, 0.1) is 0 Å². The molecule has 0 spiro atoms. The van der Waals surface area contributed by atoms with Crippen LogP contribution in [-0.2, 0) is 14.3 Å². The summed E-state index contributed by atoms with van der Waals surface area (Å²) in [6, 6.07) is 0.415. The Labute approximate surface area is 111 Å². The molecule has 0 aromatic rings. The number of amides is 1. The van der Waals surface area contributed by atoms with E-state index in [0.29, 0.717) is 32.2 Å². The van der Waals surface area contributed by atoms with E-state index in [1.165, 1.54) is 0 Å². The third kappa shape index (κ3) is 9.39. The van der Waals surface area contributed by atoms with Gasteiger partial charge in [0.15, 0.2) is 0 Å². The van der Waals surface area contributed by atoms with Gasteiger partial charge in [-0.05, 0) is 6.42 Å². The van der Waals surface area contributed by atoms with Gasteiger partial charge in [0.05, 0.1) is 6.61 Å². The molecule has 5 nitrogen and oxygen atoms in total. The van der Waals surface area contributed by atoms with Crippen molar-refractivity contribution in [3.8, 4) is 0 Å². The number of hydrogen-bond acceptors (Lipinski definition) is 4. The van der Waals surface area contributed by atoms with Gasteiger partial charge < -0.3 is 19.7 Å². The lowest BCUT2D eigenvalue weighted by Gasteiger charge is -2.22. The highest BCUT2D eigenvalue weighted by molar-refractivity contribution is 5.76. The number of nitrogens with one attached hydrogen (secondary N) is 1. The van der Waals surface area contributed by atoms with Crippen molar-refractivity contribution in [1.82, 2.24) is 10.2 Å². The van der Waals surface area contributed by atoms with E-state index < -0.39 is 0 Å². The van der Waals surface area contributed by atoms with Gasteiger partial charge in [-0.15, -0.1) is 0 Å². The Balaban J connectivity index is 3.96. The second-order valence-corrected chi connectivity index (χ2v) is 4.58. The Morgan fingerprint density at radius 1 is 1.17 bits per heavy atom. The molecule has 108 valence electrons. The lowest BCUT2D eigenvalue weighted by molar-refractivity contribution is -0.131. The van der Waals surface area contributed by atoms with E-state index in [-0.39, 0.29) is 5.91 Å². The van der Waals surface area contributed by atoms with Crippen LogP contribution in [0.2, 0.25) is 0 Å². The van der Waals surface area contributed by atoms with Gasteiger partial charge >= 0.3 is 0 Å². The lowest BCUT2D eigenvalue weighted by atomic mass is 10.3. The van der Waals surface area contributed by atoms with Crippen molar-refractivity contribution in [3.05, 3.63) is 0 Å². The molecule has 0 rings (SSSR count). The first-order valence-electron chi connectivity index (χ1n) is 6.60. The van der Waals surface area contributed by atoms with Crippen LogP contribution >= 0.6 is 0 Å². The number of carbonyl (C=O) groups excluding carboxylic acids is 1. The van der Waals surface area contributed by atoms with Crippen LogP contribution in [0.25, 0.3) is 0 Å². The summed E-state index contributed by atoms with van der Waals surface area (Å²) in [5.74, 6) is 0.177. The summed E-state index contributed by atoms with van der Waals surface area (Å²) < 4.78 is 10.0. The first kappa shape index (κ1) is 17.4. The van der Waals surface area contributed by atoms with Gasteiger partial charge in [-0.3, -0.25) is 4.79 Å². The quantitative estimate of drug-likeness (QED) is 0.560. The van der Waals surface area contributed by atoms with E-state index >= 15 is 0 Å². The van der Waals surface area contributed by atoms with Crippen molar-refractivity contribution < 1.29 is 14.3 Å². The van der Waals surface area contributed by atoms with E-state index in [9.17, 15) is 4.79 Å². The number of ether oxygens (including phenoxy) is 2. The fourth-order valence-electron chi connectivity index (χ4n) is 1.59. The molecule has 0 aromatic heterocycles. The maximum Gasteiger partial charge on any atom is 0.223 e. The van der Waals surface area contributed by atoms with E-state index in [1.54, 1.807) is 14.2 Å². The molecule has 0 unspecified atom stereocenters. The van der Waals surface area contributed by atoms with Gasteiger partial charge in [-0.1, -0.05) is 13.8 Å². The van der Waals surface area contributed by atoms with Crippen molar-refractivity contribution in [2.24, 2.45) is 0 Å². The summed E-state index contributed by atoms with van der Waals surface area (Å²) in [4.78, 5) is 13.9. The monoisotopic (exact) mass is 260 g/mol. The fourth-order valence-corrected chi connectivity index (χ4v) is 1.59. The molecule has 0 aliphatic rings. The molecule has 0 heterocycles. The number of hydrogen-bond donors (Lipinski definition) is 1. The molecule has 0 saturated carbocycles. The average molecular weight is 260 g/mol. The van der Waals surface area contributed by atoms with Crippen molar-refractivity contribution in [2.75, 3.05) is 47.1 Å². The molecule has 0 aliphatic heterocycles. The maximum atomic E-state index is 12.0. The van der Waals surface area contributed by atoms with Gasteiger partial charge in [0.25, 0.3) is 0 Å². The summed E-state index contributed by atoms with van der Waals surface area (Å²) in [6.45, 7) is 7.53. The zero-order valence-corrected chi connectivity index (χ0v) is 12.2. The Kier molecular flexibility index (Phi) is 11.0. The van der Waals surface area contributed by atoms with Crippen LogP contribution in [0.1, 0.15) is 26.7 Å². The summed E-state index contributed by atoms with van der Waals surface area (Å²) in [7, 11) is 3.33. The zero-order chi connectivity index (χ0) is 13.8. The van der Waals surface area contributed by atoms with Gasteiger partial charge in [0, 0.05) is 52.9 Å². The van der Waals surface area contributed by atoms with Crippen LogP contribution in [0.15, 0.2) is 0 Å². The van der Waals surface area contributed by atoms with Crippen molar-refractivity contribution in [1.29, 1.82) is 0 Å². The molecular formula is C13H28N2O3. The fraction of sp³-hybridized carbons (Fsp3) is 0.923. The molecule has 0 bridgehead atoms. The standard InChI is InChI=1S/C13H28N2O3/c1-12(2)14-7-6-13(16)15(9-11-18-4)8-5-10-17-3/h12,14H,5-11H2,1-4H3. The van der Waals surface area contributed by atoms with Crippen LogP contribution in [0.3, 0.4) is 0 Å². The molecule has 0 aliphatic carbocycles. The lowest BCUT2D eigenvalue weighted by Crippen LogP contribution is -2.37. The Morgan fingerprint density at radius 2 is 1.83 bits per heavy atom. The minimum atomic E-state index is 0.177. The molecule has 18 heavy (non-hydrogen) atoms. The molecule has 1 N–H and O–H groups in total. The number of rotatable bonds is 11. The highest BCUT2D eigenvalue weighted by Gasteiger charge is 2.12. The SMILES string of the molecule is COCCCN(CCOC)C(=O)CCNC(C)C. The first-order valence-corrected chi connectivity index (χ1v) is 6.60. The minimum absolute atomic E-state index is 0.177. The van der Waals surface area contributed by atoms with Crippen molar-refractivity contribution in [3.63, 3.8) is 0 Å². The largest absolute Gasteiger partial charge is 0.385 e. The first-order chi connectivity index (χ1) is 8.61. The summed E-state index contributed by atoms with van der Waals surface area (Å²) in [5.41, 5.74) is 0. The van der Waals surface area contributed by atoms with Crippen LogP contribution in [-0.4, -0.2) is 63.9 Å². The molecular weight excluding hydrogens is 232 g/mol. The molecule has 0 radical (unpaired) electrons. The van der Waals surface area contributed by atoms with E-state index in [4.69, 9.17) is 9.47 Å². The maximum absolute atomic E-state index is 12.0. The van der Waals surface area contributed by atoms with Crippen molar-refractivity contribution >= 4 is 5.91 Å². The second-order valence-electron chi connectivity index (χ2n) is 4.58. The van der Waals surface area contributed by atoms with Gasteiger partial charge in [-0.2, -0.15) is 0 Å². The van der Waals surface area contributed by atoms with Gasteiger partial charge in [0.2, 0.25) is 5.91 Å². The second kappa shape index (κ2) is 11.4. The minimum Gasteiger partial charge on any atom is -0.385 e. The third-order valence-corrected chi connectivity index (χ3v) is 2.59. The average Bonchev–Trinajstić information content (AvgIpc) is 2.33. The van der Waals surface area contributed by atoms with Gasteiger partial charge in [-0.25, -0.2) is 0 Å². The zero-order valence-electron chi connectivity index (χ0n) is 12.2. The topological polar surface area (TPSA) is 50.8 Å². The highest BCUT2D eigenvalue weighted by Crippen LogP contribution is 1.97. The third-order valence-electron chi connectivity index (χ3n) is 2.59. The molecule has 5 heteroatoms. The van der Waals surface area contributed by atoms with Crippen molar-refractivity contribution in [2.45, 2.75) is 32.7 Å². The van der Waals surface area contributed by atoms with E-state index in [0.717, 1.165) is 19.5 Å². The van der Waals surface area contributed by atoms with Crippen LogP contribution in [0.4, 0.5) is 0 Å². The Bertz CT molecular complexity index is 210. The molecule has 0 fully saturated rings. The predicted molar refractivity (Wildman–Crippen MR) is 72.7 cm³/mol. The molecule has 1 amide bonds. The number of nitrogens with zero attached hydrogens (tertiary/aromatic N) is 1. The van der Waals surface area contributed by atoms with E-state index in [2.05, 4.69) is 19.2 Å². The Morgan fingerprint density at radius 3 is 2.39 bits per heavy atom. The highest BCUT2D eigenvalue weighted by atomic mass is 16.5. The summed E-state index contributed by atoms with van der Waals surface area (Å²) in [6.07, 6.45) is 1.40. The number of carbonyl (C=O) groups is 1. The molecule has 0 aromatic carbocycles. The predicted octanol–water partition coefficient (Wildman–Crippen LogP) is 0.886. The van der Waals surface area contributed by atoms with Crippen LogP contribution < -0.4 is 5.32 Å². The summed E-state index contributed by atoms with van der Waals surface area (Å²) >= 11 is 0. The molecule has 0 saturated heterocycles. The van der Waals surface area contributed by atoms with E-state index in [1.807, 2.05) is 4.90 Å². The van der Waals surface area contributed by atoms with Gasteiger partial charge in [0.1, 0.15) is 0 Å². The van der Waals surface area contributed by atoms with Crippen LogP contribution in [0.5, 0.6) is 0 Å². The normalized spacial score (nSPS) is 10.9.